The summed E-state index contributed by atoms with van der Waals surface area (Å²) < 4.78 is 0. The number of amides is 1. The summed E-state index contributed by atoms with van der Waals surface area (Å²) in [6.45, 7) is 5.27. The summed E-state index contributed by atoms with van der Waals surface area (Å²) in [7, 11) is 0. The standard InChI is InChI=1S/C22H21Cl2N3O/c1-14-25-18-13-27(21(28)16-9-6-10-17(23)19(16)24)12-11-22(18,2)20(26-14)15-7-4-3-5-8-15/h3-10,18H,11-13H2,1-2H3. The van der Waals surface area contributed by atoms with Gasteiger partial charge < -0.3 is 4.90 Å². The zero-order valence-electron chi connectivity index (χ0n) is 15.8. The highest BCUT2D eigenvalue weighted by Crippen LogP contribution is 2.40. The van der Waals surface area contributed by atoms with E-state index < -0.39 is 0 Å². The van der Waals surface area contributed by atoms with Crippen molar-refractivity contribution in [2.75, 3.05) is 13.1 Å². The van der Waals surface area contributed by atoms with Gasteiger partial charge in [-0.25, -0.2) is 4.99 Å². The molecule has 2 aliphatic heterocycles. The number of piperidine rings is 1. The SMILES string of the molecule is CC1=NC2CN(C(=O)c3cccc(Cl)c3Cl)CCC2(C)C(c2ccccc2)=N1. The normalized spacial score (nSPS) is 24.3. The number of likely N-dealkylation sites (tertiary alicyclic amines) is 1. The van der Waals surface area contributed by atoms with Gasteiger partial charge in [-0.05, 0) is 31.0 Å². The van der Waals surface area contributed by atoms with Crippen LogP contribution in [0.3, 0.4) is 0 Å². The summed E-state index contributed by atoms with van der Waals surface area (Å²) in [5.41, 5.74) is 2.39. The zero-order chi connectivity index (χ0) is 19.9. The Kier molecular flexibility index (Phi) is 5.02. The smallest absolute Gasteiger partial charge is 0.255 e. The molecule has 4 rings (SSSR count). The number of fused-ring (bicyclic) bond motifs is 1. The average Bonchev–Trinajstić information content (AvgIpc) is 2.70. The molecule has 2 unspecified atom stereocenters. The lowest BCUT2D eigenvalue weighted by Gasteiger charge is -2.46. The molecule has 2 aliphatic rings. The molecule has 2 atom stereocenters. The lowest BCUT2D eigenvalue weighted by atomic mass is 9.70. The van der Waals surface area contributed by atoms with Gasteiger partial charge in [0.1, 0.15) is 5.84 Å². The maximum absolute atomic E-state index is 13.1. The van der Waals surface area contributed by atoms with Crippen molar-refractivity contribution in [2.24, 2.45) is 15.4 Å². The van der Waals surface area contributed by atoms with Crippen LogP contribution >= 0.6 is 23.2 Å². The van der Waals surface area contributed by atoms with Crippen LogP contribution in [0.5, 0.6) is 0 Å². The average molecular weight is 414 g/mol. The third-order valence-corrected chi connectivity index (χ3v) is 6.52. The van der Waals surface area contributed by atoms with Crippen LogP contribution in [0.25, 0.3) is 0 Å². The van der Waals surface area contributed by atoms with Gasteiger partial charge in [0.2, 0.25) is 0 Å². The molecule has 6 heteroatoms. The lowest BCUT2D eigenvalue weighted by molar-refractivity contribution is 0.0633. The Labute approximate surface area is 174 Å². The second kappa shape index (κ2) is 7.34. The summed E-state index contributed by atoms with van der Waals surface area (Å²) in [5.74, 6) is 0.641. The molecule has 0 bridgehead atoms. The van der Waals surface area contributed by atoms with Gasteiger partial charge in [0, 0.05) is 18.5 Å². The zero-order valence-corrected chi connectivity index (χ0v) is 17.3. The highest BCUT2D eigenvalue weighted by Gasteiger charge is 2.46. The number of hydrogen-bond donors (Lipinski definition) is 0. The third-order valence-electron chi connectivity index (χ3n) is 5.70. The molecule has 28 heavy (non-hydrogen) atoms. The fourth-order valence-corrected chi connectivity index (χ4v) is 4.43. The number of carbonyl (C=O) groups is 1. The van der Waals surface area contributed by atoms with Crippen LogP contribution in [-0.2, 0) is 0 Å². The monoisotopic (exact) mass is 413 g/mol. The van der Waals surface area contributed by atoms with E-state index in [9.17, 15) is 4.79 Å². The number of carbonyl (C=O) groups excluding carboxylic acids is 1. The van der Waals surface area contributed by atoms with Gasteiger partial charge in [-0.1, -0.05) is 66.5 Å². The second-order valence-corrected chi connectivity index (χ2v) is 8.32. The van der Waals surface area contributed by atoms with Crippen LogP contribution in [0, 0.1) is 5.41 Å². The number of hydrogen-bond acceptors (Lipinski definition) is 3. The lowest BCUT2D eigenvalue weighted by Crippen LogP contribution is -2.55. The highest BCUT2D eigenvalue weighted by molar-refractivity contribution is 6.43. The van der Waals surface area contributed by atoms with Crippen molar-refractivity contribution < 1.29 is 4.79 Å². The molecule has 4 nitrogen and oxygen atoms in total. The van der Waals surface area contributed by atoms with Crippen molar-refractivity contribution >= 4 is 40.7 Å². The Morgan fingerprint density at radius 1 is 1.14 bits per heavy atom. The first-order valence-corrected chi connectivity index (χ1v) is 10.1. The topological polar surface area (TPSA) is 45.0 Å². The predicted molar refractivity (Wildman–Crippen MR) is 115 cm³/mol. The fraction of sp³-hybridized carbons (Fsp3) is 0.318. The van der Waals surface area contributed by atoms with Crippen molar-refractivity contribution in [3.63, 3.8) is 0 Å². The second-order valence-electron chi connectivity index (χ2n) is 7.54. The first-order chi connectivity index (χ1) is 13.4. The number of halogens is 2. The Hall–Kier alpha value is -2.17. The predicted octanol–water partition coefficient (Wildman–Crippen LogP) is 5.14. The van der Waals surface area contributed by atoms with Gasteiger partial charge in [-0.3, -0.25) is 9.79 Å². The van der Waals surface area contributed by atoms with Crippen LogP contribution < -0.4 is 0 Å². The van der Waals surface area contributed by atoms with Crippen LogP contribution in [0.2, 0.25) is 10.0 Å². The van der Waals surface area contributed by atoms with Crippen LogP contribution in [0.1, 0.15) is 36.2 Å². The van der Waals surface area contributed by atoms with E-state index >= 15 is 0 Å². The largest absolute Gasteiger partial charge is 0.336 e. The van der Waals surface area contributed by atoms with Crippen molar-refractivity contribution in [2.45, 2.75) is 26.3 Å². The van der Waals surface area contributed by atoms with Crippen molar-refractivity contribution in [3.8, 4) is 0 Å². The Bertz CT molecular complexity index is 987. The Morgan fingerprint density at radius 3 is 2.64 bits per heavy atom. The summed E-state index contributed by atoms with van der Waals surface area (Å²) >= 11 is 12.4. The summed E-state index contributed by atoms with van der Waals surface area (Å²) in [6, 6.07) is 15.3. The molecule has 144 valence electrons. The maximum Gasteiger partial charge on any atom is 0.255 e. The van der Waals surface area contributed by atoms with Crippen LogP contribution in [-0.4, -0.2) is 41.5 Å². The molecule has 2 aromatic carbocycles. The van der Waals surface area contributed by atoms with E-state index in [0.29, 0.717) is 28.7 Å². The fourth-order valence-electron chi connectivity index (χ4n) is 4.05. The minimum atomic E-state index is -0.213. The van der Waals surface area contributed by atoms with E-state index in [1.54, 1.807) is 18.2 Å². The summed E-state index contributed by atoms with van der Waals surface area (Å²) in [4.78, 5) is 24.5. The maximum atomic E-state index is 13.1. The van der Waals surface area contributed by atoms with Gasteiger partial charge in [0.05, 0.1) is 27.4 Å². The number of aliphatic imine (C=N–C) groups is 2. The molecular weight excluding hydrogens is 393 g/mol. The van der Waals surface area contributed by atoms with Gasteiger partial charge >= 0.3 is 0 Å². The quantitative estimate of drug-likeness (QED) is 0.672. The van der Waals surface area contributed by atoms with Gasteiger partial charge in [0.15, 0.2) is 0 Å². The van der Waals surface area contributed by atoms with E-state index in [-0.39, 0.29) is 17.4 Å². The van der Waals surface area contributed by atoms with E-state index in [2.05, 4.69) is 19.1 Å². The molecule has 0 aromatic heterocycles. The minimum absolute atomic E-state index is 0.0455. The number of nitrogens with zero attached hydrogens (tertiary/aromatic N) is 3. The van der Waals surface area contributed by atoms with Crippen molar-refractivity contribution in [3.05, 3.63) is 69.7 Å². The van der Waals surface area contributed by atoms with E-state index in [0.717, 1.165) is 23.5 Å². The molecule has 0 N–H and O–H groups in total. The molecule has 2 heterocycles. The molecule has 1 saturated heterocycles. The van der Waals surface area contributed by atoms with E-state index in [1.807, 2.05) is 30.0 Å². The number of benzene rings is 2. The molecule has 0 saturated carbocycles. The first kappa shape index (κ1) is 19.2. The molecular formula is C22H21Cl2N3O. The molecule has 0 spiro atoms. The molecule has 0 radical (unpaired) electrons. The Morgan fingerprint density at radius 2 is 1.89 bits per heavy atom. The van der Waals surface area contributed by atoms with Gasteiger partial charge in [0.25, 0.3) is 5.91 Å². The van der Waals surface area contributed by atoms with Crippen molar-refractivity contribution in [1.82, 2.24) is 4.90 Å². The minimum Gasteiger partial charge on any atom is -0.336 e. The van der Waals surface area contributed by atoms with E-state index in [4.69, 9.17) is 33.2 Å². The van der Waals surface area contributed by atoms with Gasteiger partial charge in [-0.15, -0.1) is 0 Å². The molecule has 2 aromatic rings. The van der Waals surface area contributed by atoms with Crippen LogP contribution in [0.4, 0.5) is 0 Å². The van der Waals surface area contributed by atoms with Crippen molar-refractivity contribution in [1.29, 1.82) is 0 Å². The molecule has 1 amide bonds. The number of amidine groups is 1. The van der Waals surface area contributed by atoms with Gasteiger partial charge in [-0.2, -0.15) is 0 Å². The molecule has 0 aliphatic carbocycles. The van der Waals surface area contributed by atoms with E-state index in [1.165, 1.54) is 0 Å². The summed E-state index contributed by atoms with van der Waals surface area (Å²) in [6.07, 6.45) is 0.784. The summed E-state index contributed by atoms with van der Waals surface area (Å²) in [5, 5.41) is 0.691. The first-order valence-electron chi connectivity index (χ1n) is 9.32. The van der Waals surface area contributed by atoms with Crippen LogP contribution in [0.15, 0.2) is 58.5 Å². The third kappa shape index (κ3) is 3.25. The molecule has 1 fully saturated rings. The Balaban J connectivity index is 1.64. The number of rotatable bonds is 2. The highest BCUT2D eigenvalue weighted by atomic mass is 35.5.